The number of carbonyl (C=O) groups is 1. The van der Waals surface area contributed by atoms with Gasteiger partial charge in [-0.1, -0.05) is 0 Å². The molecule has 3 nitrogen and oxygen atoms in total. The van der Waals surface area contributed by atoms with E-state index in [2.05, 4.69) is 5.32 Å². The Hall–Kier alpha value is -0.870. The molecule has 1 amide bonds. The van der Waals surface area contributed by atoms with Crippen LogP contribution in [-0.4, -0.2) is 18.0 Å². The molecule has 0 aromatic carbocycles. The van der Waals surface area contributed by atoms with Gasteiger partial charge in [-0.2, -0.15) is 11.3 Å². The summed E-state index contributed by atoms with van der Waals surface area (Å²) in [6.07, 6.45) is 4.06. The van der Waals surface area contributed by atoms with Crippen LogP contribution in [0.4, 0.5) is 0 Å². The minimum atomic E-state index is 0.0687. The summed E-state index contributed by atoms with van der Waals surface area (Å²) in [5.74, 6) is 0.0687. The fourth-order valence-corrected chi connectivity index (χ4v) is 2.95. The lowest BCUT2D eigenvalue weighted by Crippen LogP contribution is -2.40. The lowest BCUT2D eigenvalue weighted by atomic mass is 9.91. The average Bonchev–Trinajstić information content (AvgIpc) is 2.68. The topological polar surface area (TPSA) is 55.1 Å². The molecule has 1 aromatic rings. The number of hydrogen-bond acceptors (Lipinski definition) is 3. The number of rotatable bonds is 2. The van der Waals surface area contributed by atoms with Gasteiger partial charge in [0.15, 0.2) is 0 Å². The van der Waals surface area contributed by atoms with Crippen LogP contribution < -0.4 is 11.1 Å². The van der Waals surface area contributed by atoms with E-state index in [4.69, 9.17) is 5.73 Å². The van der Waals surface area contributed by atoms with Crippen LogP contribution in [0.5, 0.6) is 0 Å². The molecule has 0 atom stereocenters. The highest BCUT2D eigenvalue weighted by molar-refractivity contribution is 7.08. The Kier molecular flexibility index (Phi) is 3.61. The number of thiophene rings is 1. The molecule has 88 valence electrons. The molecular formula is C12H18N2OS. The fraction of sp³-hybridized carbons (Fsp3) is 0.583. The van der Waals surface area contributed by atoms with E-state index in [0.717, 1.165) is 36.8 Å². The SMILES string of the molecule is Cc1cscc1C(=O)NC1CCC(N)CC1. The van der Waals surface area contributed by atoms with Crippen molar-refractivity contribution in [2.75, 3.05) is 0 Å². The standard InChI is InChI=1S/C12H18N2OS/c1-8-6-16-7-11(8)12(15)14-10-4-2-9(13)3-5-10/h6-7,9-10H,2-5,13H2,1H3,(H,14,15). The second-order valence-corrected chi connectivity index (χ2v) is 5.30. The van der Waals surface area contributed by atoms with Gasteiger partial charge in [0.1, 0.15) is 0 Å². The van der Waals surface area contributed by atoms with E-state index in [1.54, 1.807) is 11.3 Å². The third kappa shape index (κ3) is 2.62. The van der Waals surface area contributed by atoms with E-state index < -0.39 is 0 Å². The monoisotopic (exact) mass is 238 g/mol. The van der Waals surface area contributed by atoms with Crippen molar-refractivity contribution in [1.29, 1.82) is 0 Å². The average molecular weight is 238 g/mol. The van der Waals surface area contributed by atoms with Crippen molar-refractivity contribution in [2.24, 2.45) is 5.73 Å². The highest BCUT2D eigenvalue weighted by Crippen LogP contribution is 2.19. The Morgan fingerprint density at radius 1 is 1.38 bits per heavy atom. The molecule has 0 bridgehead atoms. The maximum Gasteiger partial charge on any atom is 0.252 e. The molecule has 0 aliphatic heterocycles. The molecular weight excluding hydrogens is 220 g/mol. The summed E-state index contributed by atoms with van der Waals surface area (Å²) >= 11 is 1.58. The summed E-state index contributed by atoms with van der Waals surface area (Å²) in [5, 5.41) is 7.02. The van der Waals surface area contributed by atoms with E-state index in [0.29, 0.717) is 12.1 Å². The number of carbonyl (C=O) groups excluding carboxylic acids is 1. The summed E-state index contributed by atoms with van der Waals surface area (Å²) in [6.45, 7) is 1.97. The molecule has 0 saturated heterocycles. The Balaban J connectivity index is 1.91. The zero-order chi connectivity index (χ0) is 11.5. The third-order valence-electron chi connectivity index (χ3n) is 3.21. The molecule has 1 saturated carbocycles. The molecule has 1 heterocycles. The van der Waals surface area contributed by atoms with Crippen LogP contribution in [0.2, 0.25) is 0 Å². The molecule has 0 spiro atoms. The Morgan fingerprint density at radius 2 is 2.06 bits per heavy atom. The molecule has 2 rings (SSSR count). The largest absolute Gasteiger partial charge is 0.349 e. The molecule has 1 aliphatic carbocycles. The van der Waals surface area contributed by atoms with Crippen molar-refractivity contribution in [3.05, 3.63) is 21.9 Å². The molecule has 1 aliphatic rings. The van der Waals surface area contributed by atoms with Gasteiger partial charge >= 0.3 is 0 Å². The van der Waals surface area contributed by atoms with Gasteiger partial charge < -0.3 is 11.1 Å². The second kappa shape index (κ2) is 4.97. The zero-order valence-corrected chi connectivity index (χ0v) is 10.3. The van der Waals surface area contributed by atoms with Gasteiger partial charge in [-0.05, 0) is 43.6 Å². The third-order valence-corrected chi connectivity index (χ3v) is 4.07. The fourth-order valence-electron chi connectivity index (χ4n) is 2.12. The smallest absolute Gasteiger partial charge is 0.252 e. The first-order valence-electron chi connectivity index (χ1n) is 5.76. The highest BCUT2D eigenvalue weighted by Gasteiger charge is 2.21. The van der Waals surface area contributed by atoms with Gasteiger partial charge in [0.05, 0.1) is 5.56 Å². The van der Waals surface area contributed by atoms with E-state index in [-0.39, 0.29) is 5.91 Å². The second-order valence-electron chi connectivity index (χ2n) is 4.55. The van der Waals surface area contributed by atoms with Crippen molar-refractivity contribution < 1.29 is 4.79 Å². The normalized spacial score (nSPS) is 25.4. The number of aryl methyl sites for hydroxylation is 1. The molecule has 3 N–H and O–H groups in total. The molecule has 1 aromatic heterocycles. The van der Waals surface area contributed by atoms with Crippen LogP contribution in [0.3, 0.4) is 0 Å². The number of nitrogens with one attached hydrogen (secondary N) is 1. The first-order valence-corrected chi connectivity index (χ1v) is 6.70. The minimum Gasteiger partial charge on any atom is -0.349 e. The van der Waals surface area contributed by atoms with Gasteiger partial charge in [-0.3, -0.25) is 4.79 Å². The predicted molar refractivity (Wildman–Crippen MR) is 66.8 cm³/mol. The molecule has 16 heavy (non-hydrogen) atoms. The molecule has 0 radical (unpaired) electrons. The highest BCUT2D eigenvalue weighted by atomic mass is 32.1. The van der Waals surface area contributed by atoms with Crippen LogP contribution in [-0.2, 0) is 0 Å². The van der Waals surface area contributed by atoms with E-state index in [1.165, 1.54) is 0 Å². The maximum absolute atomic E-state index is 11.9. The maximum atomic E-state index is 11.9. The van der Waals surface area contributed by atoms with Crippen molar-refractivity contribution in [2.45, 2.75) is 44.7 Å². The first kappa shape index (κ1) is 11.6. The van der Waals surface area contributed by atoms with Gasteiger partial charge in [0.2, 0.25) is 0 Å². The summed E-state index contributed by atoms with van der Waals surface area (Å²) in [5.41, 5.74) is 7.72. The predicted octanol–water partition coefficient (Wildman–Crippen LogP) is 2.06. The van der Waals surface area contributed by atoms with Crippen LogP contribution in [0.1, 0.15) is 41.6 Å². The minimum absolute atomic E-state index is 0.0687. The zero-order valence-electron chi connectivity index (χ0n) is 9.53. The molecule has 4 heteroatoms. The van der Waals surface area contributed by atoms with E-state index in [1.807, 2.05) is 17.7 Å². The lowest BCUT2D eigenvalue weighted by molar-refractivity contribution is 0.0926. The molecule has 1 fully saturated rings. The van der Waals surface area contributed by atoms with Crippen LogP contribution >= 0.6 is 11.3 Å². The summed E-state index contributed by atoms with van der Waals surface area (Å²) in [4.78, 5) is 11.9. The van der Waals surface area contributed by atoms with Gasteiger partial charge in [0.25, 0.3) is 5.91 Å². The molecule has 0 unspecified atom stereocenters. The number of nitrogens with two attached hydrogens (primary N) is 1. The van der Waals surface area contributed by atoms with Crippen molar-refractivity contribution >= 4 is 17.2 Å². The van der Waals surface area contributed by atoms with Crippen LogP contribution in [0.15, 0.2) is 10.8 Å². The van der Waals surface area contributed by atoms with Crippen LogP contribution in [0.25, 0.3) is 0 Å². The Morgan fingerprint density at radius 3 is 2.62 bits per heavy atom. The van der Waals surface area contributed by atoms with Crippen molar-refractivity contribution in [1.82, 2.24) is 5.32 Å². The van der Waals surface area contributed by atoms with Gasteiger partial charge in [0, 0.05) is 17.5 Å². The van der Waals surface area contributed by atoms with Gasteiger partial charge in [-0.15, -0.1) is 0 Å². The van der Waals surface area contributed by atoms with E-state index >= 15 is 0 Å². The van der Waals surface area contributed by atoms with Crippen molar-refractivity contribution in [3.63, 3.8) is 0 Å². The van der Waals surface area contributed by atoms with Crippen molar-refractivity contribution in [3.8, 4) is 0 Å². The lowest BCUT2D eigenvalue weighted by Gasteiger charge is -2.26. The first-order chi connectivity index (χ1) is 7.66. The summed E-state index contributed by atoms with van der Waals surface area (Å²) in [7, 11) is 0. The Bertz CT molecular complexity index is 367. The Labute approximate surface area is 100 Å². The number of amides is 1. The summed E-state index contributed by atoms with van der Waals surface area (Å²) in [6, 6.07) is 0.641. The number of hydrogen-bond donors (Lipinski definition) is 2. The summed E-state index contributed by atoms with van der Waals surface area (Å²) < 4.78 is 0. The van der Waals surface area contributed by atoms with Gasteiger partial charge in [-0.25, -0.2) is 0 Å². The van der Waals surface area contributed by atoms with Crippen LogP contribution in [0, 0.1) is 6.92 Å². The van der Waals surface area contributed by atoms with E-state index in [9.17, 15) is 4.79 Å². The quantitative estimate of drug-likeness (QED) is 0.828.